The van der Waals surface area contributed by atoms with Crippen molar-refractivity contribution < 1.29 is 13.5 Å². The highest BCUT2D eigenvalue weighted by atomic mass is 32.2. The molecule has 0 bridgehead atoms. The molecule has 1 aromatic rings. The molecule has 1 aromatic heterocycles. The molecule has 0 unspecified atom stereocenters. The molecule has 0 saturated carbocycles. The standard InChI is InChI=1S/C12H19N3O3S/c1-2-13-11-4-3-7-14-12(11)19(17,18)15-8-5-10(16)6-9-15/h3-4,7,10,13,16H,2,5-6,8-9H2,1H3. The quantitative estimate of drug-likeness (QED) is 0.849. The van der Waals surface area contributed by atoms with Crippen LogP contribution in [0.15, 0.2) is 23.4 Å². The number of aliphatic hydroxyl groups excluding tert-OH is 1. The summed E-state index contributed by atoms with van der Waals surface area (Å²) < 4.78 is 26.5. The highest BCUT2D eigenvalue weighted by molar-refractivity contribution is 7.89. The van der Waals surface area contributed by atoms with E-state index in [1.165, 1.54) is 10.5 Å². The van der Waals surface area contributed by atoms with E-state index in [2.05, 4.69) is 10.3 Å². The average molecular weight is 285 g/mol. The van der Waals surface area contributed by atoms with Crippen LogP contribution in [0.25, 0.3) is 0 Å². The van der Waals surface area contributed by atoms with Crippen LogP contribution in [0, 0.1) is 0 Å². The lowest BCUT2D eigenvalue weighted by Gasteiger charge is -2.28. The normalized spacial score (nSPS) is 18.4. The minimum absolute atomic E-state index is 0.0632. The number of hydrogen-bond donors (Lipinski definition) is 2. The van der Waals surface area contributed by atoms with Crippen molar-refractivity contribution in [1.29, 1.82) is 0 Å². The fraction of sp³-hybridized carbons (Fsp3) is 0.583. The van der Waals surface area contributed by atoms with E-state index >= 15 is 0 Å². The van der Waals surface area contributed by atoms with Crippen molar-refractivity contribution in [3.63, 3.8) is 0 Å². The Labute approximate surface area is 113 Å². The van der Waals surface area contributed by atoms with Crippen molar-refractivity contribution in [1.82, 2.24) is 9.29 Å². The van der Waals surface area contributed by atoms with Gasteiger partial charge in [0.25, 0.3) is 10.0 Å². The lowest BCUT2D eigenvalue weighted by atomic mass is 10.1. The Morgan fingerprint density at radius 2 is 2.16 bits per heavy atom. The lowest BCUT2D eigenvalue weighted by molar-refractivity contribution is 0.113. The maximum Gasteiger partial charge on any atom is 0.262 e. The van der Waals surface area contributed by atoms with Crippen LogP contribution < -0.4 is 5.32 Å². The second-order valence-corrected chi connectivity index (χ2v) is 6.37. The smallest absolute Gasteiger partial charge is 0.262 e. The Morgan fingerprint density at radius 3 is 2.79 bits per heavy atom. The number of aromatic nitrogens is 1. The molecule has 0 aliphatic carbocycles. The molecule has 6 nitrogen and oxygen atoms in total. The van der Waals surface area contributed by atoms with Gasteiger partial charge in [0.1, 0.15) is 0 Å². The number of pyridine rings is 1. The molecule has 2 N–H and O–H groups in total. The van der Waals surface area contributed by atoms with E-state index in [-0.39, 0.29) is 5.03 Å². The maximum atomic E-state index is 12.5. The molecule has 0 spiro atoms. The predicted octanol–water partition coefficient (Wildman–Crippen LogP) is 0.659. The first-order valence-corrected chi connectivity index (χ1v) is 7.87. The van der Waals surface area contributed by atoms with Gasteiger partial charge in [0.15, 0.2) is 5.03 Å². The second-order valence-electron chi connectivity index (χ2n) is 4.52. The molecule has 7 heteroatoms. The zero-order valence-electron chi connectivity index (χ0n) is 10.9. The average Bonchev–Trinajstić information content (AvgIpc) is 2.40. The molecule has 0 amide bonds. The number of anilines is 1. The van der Waals surface area contributed by atoms with Gasteiger partial charge in [0.2, 0.25) is 0 Å². The number of hydrogen-bond acceptors (Lipinski definition) is 5. The summed E-state index contributed by atoms with van der Waals surface area (Å²) in [5, 5.41) is 12.5. The summed E-state index contributed by atoms with van der Waals surface area (Å²) in [6.45, 7) is 3.21. The number of rotatable bonds is 4. The monoisotopic (exact) mass is 285 g/mol. The second kappa shape index (κ2) is 5.85. The topological polar surface area (TPSA) is 82.5 Å². The van der Waals surface area contributed by atoms with E-state index in [9.17, 15) is 13.5 Å². The Kier molecular flexibility index (Phi) is 4.38. The first-order valence-electron chi connectivity index (χ1n) is 6.42. The zero-order chi connectivity index (χ0) is 13.9. The number of sulfonamides is 1. The zero-order valence-corrected chi connectivity index (χ0v) is 11.7. The minimum Gasteiger partial charge on any atom is -0.393 e. The van der Waals surface area contributed by atoms with Crippen LogP contribution in [-0.2, 0) is 10.0 Å². The van der Waals surface area contributed by atoms with Crippen LogP contribution in [-0.4, -0.2) is 48.6 Å². The SMILES string of the molecule is CCNc1cccnc1S(=O)(=O)N1CCC(O)CC1. The van der Waals surface area contributed by atoms with Crippen molar-refractivity contribution in [3.05, 3.63) is 18.3 Å². The third-order valence-electron chi connectivity index (χ3n) is 3.15. The first kappa shape index (κ1) is 14.2. The van der Waals surface area contributed by atoms with Gasteiger partial charge in [-0.2, -0.15) is 4.31 Å². The molecule has 0 radical (unpaired) electrons. The molecule has 1 aliphatic heterocycles. The molecular weight excluding hydrogens is 266 g/mol. The van der Waals surface area contributed by atoms with Crippen LogP contribution in [0.3, 0.4) is 0 Å². The third kappa shape index (κ3) is 3.05. The summed E-state index contributed by atoms with van der Waals surface area (Å²) in [6.07, 6.45) is 2.03. The van der Waals surface area contributed by atoms with E-state index in [0.29, 0.717) is 38.2 Å². The van der Waals surface area contributed by atoms with E-state index < -0.39 is 16.1 Å². The fourth-order valence-corrected chi connectivity index (χ4v) is 3.67. The van der Waals surface area contributed by atoms with Gasteiger partial charge in [-0.3, -0.25) is 0 Å². The van der Waals surface area contributed by atoms with Gasteiger partial charge >= 0.3 is 0 Å². The molecule has 2 rings (SSSR count). The molecule has 2 heterocycles. The number of nitrogens with one attached hydrogen (secondary N) is 1. The van der Waals surface area contributed by atoms with Gasteiger partial charge in [0.05, 0.1) is 11.8 Å². The van der Waals surface area contributed by atoms with E-state index in [0.717, 1.165) is 0 Å². The summed E-state index contributed by atoms with van der Waals surface area (Å²) in [5.41, 5.74) is 0.524. The van der Waals surface area contributed by atoms with Crippen LogP contribution in [0.1, 0.15) is 19.8 Å². The summed E-state index contributed by atoms with van der Waals surface area (Å²) in [4.78, 5) is 4.01. The lowest BCUT2D eigenvalue weighted by Crippen LogP contribution is -2.40. The highest BCUT2D eigenvalue weighted by Crippen LogP contribution is 2.24. The molecule has 19 heavy (non-hydrogen) atoms. The fourth-order valence-electron chi connectivity index (χ4n) is 2.13. The summed E-state index contributed by atoms with van der Waals surface area (Å²) >= 11 is 0. The van der Waals surface area contributed by atoms with Crippen LogP contribution in [0.4, 0.5) is 5.69 Å². The largest absolute Gasteiger partial charge is 0.393 e. The van der Waals surface area contributed by atoms with Gasteiger partial charge < -0.3 is 10.4 Å². The van der Waals surface area contributed by atoms with E-state index in [1.54, 1.807) is 12.1 Å². The van der Waals surface area contributed by atoms with Crippen LogP contribution in [0.5, 0.6) is 0 Å². The minimum atomic E-state index is -3.59. The van der Waals surface area contributed by atoms with Crippen LogP contribution >= 0.6 is 0 Å². The maximum absolute atomic E-state index is 12.5. The Morgan fingerprint density at radius 1 is 1.47 bits per heavy atom. The van der Waals surface area contributed by atoms with E-state index in [4.69, 9.17) is 0 Å². The molecule has 1 aliphatic rings. The molecule has 0 aromatic carbocycles. The van der Waals surface area contributed by atoms with Gasteiger partial charge in [0, 0.05) is 25.8 Å². The van der Waals surface area contributed by atoms with E-state index in [1.807, 2.05) is 6.92 Å². The van der Waals surface area contributed by atoms with Gasteiger partial charge in [-0.05, 0) is 31.9 Å². The summed E-state index contributed by atoms with van der Waals surface area (Å²) in [7, 11) is -3.59. The van der Waals surface area contributed by atoms with Crippen molar-refractivity contribution in [3.8, 4) is 0 Å². The molecular formula is C12H19N3O3S. The number of nitrogens with zero attached hydrogens (tertiary/aromatic N) is 2. The molecule has 1 fully saturated rings. The van der Waals surface area contributed by atoms with Crippen LogP contribution in [0.2, 0.25) is 0 Å². The van der Waals surface area contributed by atoms with Gasteiger partial charge in [-0.1, -0.05) is 0 Å². The highest BCUT2D eigenvalue weighted by Gasteiger charge is 2.31. The van der Waals surface area contributed by atoms with Crippen molar-refractivity contribution in [2.75, 3.05) is 25.0 Å². The molecule has 106 valence electrons. The Bertz CT molecular complexity index is 525. The molecule has 1 saturated heterocycles. The summed E-state index contributed by atoms with van der Waals surface area (Å²) in [5.74, 6) is 0. The number of piperidine rings is 1. The Balaban J connectivity index is 2.29. The predicted molar refractivity (Wildman–Crippen MR) is 72.4 cm³/mol. The van der Waals surface area contributed by atoms with Gasteiger partial charge in [-0.15, -0.1) is 0 Å². The Hall–Kier alpha value is -1.18. The first-order chi connectivity index (χ1) is 9.05. The third-order valence-corrected chi connectivity index (χ3v) is 5.01. The molecule has 0 atom stereocenters. The summed E-state index contributed by atoms with van der Waals surface area (Å²) in [6, 6.07) is 3.42. The van der Waals surface area contributed by atoms with Crippen molar-refractivity contribution >= 4 is 15.7 Å². The van der Waals surface area contributed by atoms with Crippen molar-refractivity contribution in [2.45, 2.75) is 30.9 Å². The number of aliphatic hydroxyl groups is 1. The van der Waals surface area contributed by atoms with Crippen molar-refractivity contribution in [2.24, 2.45) is 0 Å². The van der Waals surface area contributed by atoms with Gasteiger partial charge in [-0.25, -0.2) is 13.4 Å².